The number of ether oxygens (including phenoxy) is 2. The lowest BCUT2D eigenvalue weighted by Gasteiger charge is -2.11. The Morgan fingerprint density at radius 2 is 2.24 bits per heavy atom. The predicted molar refractivity (Wildman–Crippen MR) is 68.2 cm³/mol. The number of nitrogens with zero attached hydrogens (tertiary/aromatic N) is 1. The third-order valence-corrected chi connectivity index (χ3v) is 2.57. The van der Waals surface area contributed by atoms with Crippen molar-refractivity contribution in [3.8, 4) is 11.5 Å². The largest absolute Gasteiger partial charge is 0.493 e. The van der Waals surface area contributed by atoms with E-state index < -0.39 is 0 Å². The third-order valence-electron chi connectivity index (χ3n) is 2.57. The summed E-state index contributed by atoms with van der Waals surface area (Å²) >= 11 is 0. The summed E-state index contributed by atoms with van der Waals surface area (Å²) in [6, 6.07) is 5.90. The highest BCUT2D eigenvalue weighted by Gasteiger charge is 2.11. The lowest BCUT2D eigenvalue weighted by molar-refractivity contribution is 0.294. The molecule has 1 aromatic rings. The second kappa shape index (κ2) is 5.57. The molecule has 1 aliphatic heterocycles. The maximum Gasteiger partial charge on any atom is 0.161 e. The van der Waals surface area contributed by atoms with Crippen molar-refractivity contribution in [1.29, 1.82) is 0 Å². The molecule has 4 heteroatoms. The first-order chi connectivity index (χ1) is 8.35. The molecule has 0 atom stereocenters. The minimum Gasteiger partial charge on any atom is -0.493 e. The van der Waals surface area contributed by atoms with Crippen molar-refractivity contribution in [2.24, 2.45) is 4.99 Å². The van der Waals surface area contributed by atoms with Crippen LogP contribution in [0.1, 0.15) is 18.9 Å². The van der Waals surface area contributed by atoms with E-state index in [2.05, 4.69) is 17.2 Å². The molecule has 0 amide bonds. The van der Waals surface area contributed by atoms with Crippen molar-refractivity contribution in [3.05, 3.63) is 23.8 Å². The Morgan fingerprint density at radius 3 is 2.88 bits per heavy atom. The van der Waals surface area contributed by atoms with E-state index >= 15 is 0 Å². The van der Waals surface area contributed by atoms with Crippen LogP contribution in [0.4, 0.5) is 0 Å². The Hall–Kier alpha value is -1.71. The SMILES string of the molecule is CCCOc1ccc(C2=NCCN2)cc1OC. The van der Waals surface area contributed by atoms with Gasteiger partial charge in [0, 0.05) is 12.1 Å². The monoisotopic (exact) mass is 234 g/mol. The number of aliphatic imine (C=N–C) groups is 1. The summed E-state index contributed by atoms with van der Waals surface area (Å²) < 4.78 is 10.9. The van der Waals surface area contributed by atoms with Crippen molar-refractivity contribution in [1.82, 2.24) is 5.32 Å². The van der Waals surface area contributed by atoms with Gasteiger partial charge in [-0.25, -0.2) is 0 Å². The van der Waals surface area contributed by atoms with Crippen molar-refractivity contribution in [3.63, 3.8) is 0 Å². The van der Waals surface area contributed by atoms with Gasteiger partial charge < -0.3 is 14.8 Å². The summed E-state index contributed by atoms with van der Waals surface area (Å²) in [4.78, 5) is 4.38. The average Bonchev–Trinajstić information content (AvgIpc) is 2.90. The molecule has 0 fully saturated rings. The maximum atomic E-state index is 5.61. The normalized spacial score (nSPS) is 14.1. The summed E-state index contributed by atoms with van der Waals surface area (Å²) in [5.74, 6) is 2.48. The second-order valence-electron chi connectivity index (χ2n) is 3.87. The summed E-state index contributed by atoms with van der Waals surface area (Å²) in [6.07, 6.45) is 0.985. The Bertz CT molecular complexity index is 416. The van der Waals surface area contributed by atoms with Gasteiger partial charge in [0.05, 0.1) is 20.3 Å². The minimum atomic E-state index is 0.703. The maximum absolute atomic E-state index is 5.61. The van der Waals surface area contributed by atoms with Gasteiger partial charge in [-0.1, -0.05) is 6.92 Å². The highest BCUT2D eigenvalue weighted by atomic mass is 16.5. The Balaban J connectivity index is 2.20. The number of nitrogens with one attached hydrogen (secondary N) is 1. The average molecular weight is 234 g/mol. The molecule has 0 aromatic heterocycles. The van der Waals surface area contributed by atoms with Gasteiger partial charge in [0.25, 0.3) is 0 Å². The third kappa shape index (κ3) is 2.70. The lowest BCUT2D eigenvalue weighted by atomic mass is 10.2. The van der Waals surface area contributed by atoms with Crippen LogP contribution in [0.15, 0.2) is 23.2 Å². The zero-order valence-electron chi connectivity index (χ0n) is 10.3. The molecule has 0 unspecified atom stereocenters. The molecule has 0 saturated heterocycles. The van der Waals surface area contributed by atoms with E-state index in [4.69, 9.17) is 9.47 Å². The topological polar surface area (TPSA) is 42.8 Å². The summed E-state index contributed by atoms with van der Waals surface area (Å²) in [5.41, 5.74) is 1.04. The molecule has 0 saturated carbocycles. The smallest absolute Gasteiger partial charge is 0.161 e. The molecule has 17 heavy (non-hydrogen) atoms. The number of methoxy groups -OCH3 is 1. The second-order valence-corrected chi connectivity index (χ2v) is 3.87. The van der Waals surface area contributed by atoms with E-state index in [1.807, 2.05) is 18.2 Å². The molecular formula is C13H18N2O2. The lowest BCUT2D eigenvalue weighted by Crippen LogP contribution is -2.19. The van der Waals surface area contributed by atoms with Crippen LogP contribution in [0.2, 0.25) is 0 Å². The molecule has 0 bridgehead atoms. The molecule has 1 aromatic carbocycles. The molecule has 1 N–H and O–H groups in total. The van der Waals surface area contributed by atoms with E-state index in [1.165, 1.54) is 0 Å². The fourth-order valence-corrected chi connectivity index (χ4v) is 1.74. The molecule has 0 spiro atoms. The molecular weight excluding hydrogens is 216 g/mol. The van der Waals surface area contributed by atoms with E-state index in [1.54, 1.807) is 7.11 Å². The summed E-state index contributed by atoms with van der Waals surface area (Å²) in [6.45, 7) is 4.53. The number of amidine groups is 1. The van der Waals surface area contributed by atoms with Crippen LogP contribution >= 0.6 is 0 Å². The van der Waals surface area contributed by atoms with E-state index in [-0.39, 0.29) is 0 Å². The van der Waals surface area contributed by atoms with Crippen molar-refractivity contribution < 1.29 is 9.47 Å². The Morgan fingerprint density at radius 1 is 1.35 bits per heavy atom. The molecule has 92 valence electrons. The Labute approximate surface area is 102 Å². The van der Waals surface area contributed by atoms with Crippen LogP contribution in [0.25, 0.3) is 0 Å². The highest BCUT2D eigenvalue weighted by molar-refractivity contribution is 6.00. The highest BCUT2D eigenvalue weighted by Crippen LogP contribution is 2.28. The zero-order chi connectivity index (χ0) is 12.1. The molecule has 2 rings (SSSR count). The van der Waals surface area contributed by atoms with E-state index in [0.29, 0.717) is 6.61 Å². The van der Waals surface area contributed by atoms with Crippen LogP contribution < -0.4 is 14.8 Å². The van der Waals surface area contributed by atoms with Crippen LogP contribution in [-0.2, 0) is 0 Å². The van der Waals surface area contributed by atoms with Crippen LogP contribution in [-0.4, -0.2) is 32.6 Å². The van der Waals surface area contributed by atoms with Gasteiger partial charge in [-0.3, -0.25) is 4.99 Å². The predicted octanol–water partition coefficient (Wildman–Crippen LogP) is 1.83. The molecule has 0 aliphatic carbocycles. The quantitative estimate of drug-likeness (QED) is 0.845. The van der Waals surface area contributed by atoms with E-state index in [0.717, 1.165) is 42.4 Å². The van der Waals surface area contributed by atoms with E-state index in [9.17, 15) is 0 Å². The first-order valence-electron chi connectivity index (χ1n) is 5.94. The first kappa shape index (κ1) is 11.8. The van der Waals surface area contributed by atoms with Gasteiger partial charge in [-0.15, -0.1) is 0 Å². The first-order valence-corrected chi connectivity index (χ1v) is 5.94. The fraction of sp³-hybridized carbons (Fsp3) is 0.462. The number of hydrogen-bond donors (Lipinski definition) is 1. The molecule has 0 radical (unpaired) electrons. The van der Waals surface area contributed by atoms with Gasteiger partial charge in [0.2, 0.25) is 0 Å². The zero-order valence-corrected chi connectivity index (χ0v) is 10.3. The van der Waals surface area contributed by atoms with Crippen molar-refractivity contribution in [2.75, 3.05) is 26.8 Å². The minimum absolute atomic E-state index is 0.703. The van der Waals surface area contributed by atoms with Gasteiger partial charge in [-0.2, -0.15) is 0 Å². The summed E-state index contributed by atoms with van der Waals surface area (Å²) in [5, 5.41) is 3.24. The number of rotatable bonds is 5. The molecule has 1 heterocycles. The van der Waals surface area contributed by atoms with Crippen LogP contribution in [0.5, 0.6) is 11.5 Å². The molecule has 4 nitrogen and oxygen atoms in total. The van der Waals surface area contributed by atoms with Gasteiger partial charge >= 0.3 is 0 Å². The Kier molecular flexibility index (Phi) is 3.85. The summed E-state index contributed by atoms with van der Waals surface area (Å²) in [7, 11) is 1.65. The van der Waals surface area contributed by atoms with Gasteiger partial charge in [0.15, 0.2) is 11.5 Å². The number of benzene rings is 1. The van der Waals surface area contributed by atoms with Crippen LogP contribution in [0, 0.1) is 0 Å². The van der Waals surface area contributed by atoms with Crippen molar-refractivity contribution >= 4 is 5.84 Å². The van der Waals surface area contributed by atoms with Gasteiger partial charge in [0.1, 0.15) is 5.84 Å². The van der Waals surface area contributed by atoms with Crippen molar-refractivity contribution in [2.45, 2.75) is 13.3 Å². The number of hydrogen-bond acceptors (Lipinski definition) is 4. The standard InChI is InChI=1S/C13H18N2O2/c1-3-8-17-11-5-4-10(9-12(11)16-2)13-14-6-7-15-13/h4-5,9H,3,6-8H2,1-2H3,(H,14,15). The van der Waals surface area contributed by atoms with Crippen LogP contribution in [0.3, 0.4) is 0 Å². The molecule has 1 aliphatic rings. The fourth-order valence-electron chi connectivity index (χ4n) is 1.74. The van der Waals surface area contributed by atoms with Gasteiger partial charge in [-0.05, 0) is 24.6 Å².